The summed E-state index contributed by atoms with van der Waals surface area (Å²) < 4.78 is 0. The molecule has 0 aromatic heterocycles. The van der Waals surface area contributed by atoms with Gasteiger partial charge in [-0.15, -0.1) is 0 Å². The van der Waals surface area contributed by atoms with Crippen LogP contribution in [0.1, 0.15) is 44.2 Å². The Morgan fingerprint density at radius 2 is 1.67 bits per heavy atom. The molecule has 0 atom stereocenters. The van der Waals surface area contributed by atoms with Crippen molar-refractivity contribution in [3.05, 3.63) is 35.4 Å². The second kappa shape index (κ2) is 6.39. The van der Waals surface area contributed by atoms with E-state index in [4.69, 9.17) is 5.41 Å². The highest BCUT2D eigenvalue weighted by molar-refractivity contribution is 5.80. The van der Waals surface area contributed by atoms with Gasteiger partial charge in [0.15, 0.2) is 0 Å². The Balaban J connectivity index is 2.34. The van der Waals surface area contributed by atoms with Gasteiger partial charge in [-0.1, -0.05) is 38.1 Å². The van der Waals surface area contributed by atoms with Crippen molar-refractivity contribution in [3.8, 4) is 0 Å². The summed E-state index contributed by atoms with van der Waals surface area (Å²) in [6.07, 6.45) is 5.17. The lowest BCUT2D eigenvalue weighted by Gasteiger charge is -2.03. The number of hydrogen-bond donors (Lipinski definition) is 1. The summed E-state index contributed by atoms with van der Waals surface area (Å²) in [7, 11) is 0. The highest BCUT2D eigenvalue weighted by Crippen LogP contribution is 2.09. The third-order valence-electron chi connectivity index (χ3n) is 2.80. The van der Waals surface area contributed by atoms with Gasteiger partial charge in [-0.05, 0) is 43.2 Å². The van der Waals surface area contributed by atoms with Crippen molar-refractivity contribution in [2.24, 2.45) is 0 Å². The van der Waals surface area contributed by atoms with Crippen LogP contribution in [0.2, 0.25) is 0 Å². The van der Waals surface area contributed by atoms with E-state index in [0.29, 0.717) is 0 Å². The summed E-state index contributed by atoms with van der Waals surface area (Å²) in [6.45, 7) is 4.23. The zero-order chi connectivity index (χ0) is 11.1. The van der Waals surface area contributed by atoms with Gasteiger partial charge >= 0.3 is 0 Å². The Morgan fingerprint density at radius 1 is 1.07 bits per heavy atom. The van der Waals surface area contributed by atoms with Crippen LogP contribution in [-0.4, -0.2) is 5.71 Å². The van der Waals surface area contributed by atoms with Crippen molar-refractivity contribution < 1.29 is 0 Å². The third-order valence-corrected chi connectivity index (χ3v) is 2.80. The molecule has 0 aliphatic heterocycles. The predicted octanol–water partition coefficient (Wildman–Crippen LogP) is 4.00. The topological polar surface area (TPSA) is 23.9 Å². The van der Waals surface area contributed by atoms with Crippen molar-refractivity contribution in [2.75, 3.05) is 0 Å². The zero-order valence-electron chi connectivity index (χ0n) is 9.84. The van der Waals surface area contributed by atoms with Crippen LogP contribution in [0.5, 0.6) is 0 Å². The number of aryl methyl sites for hydroxylation is 2. The van der Waals surface area contributed by atoms with Crippen molar-refractivity contribution >= 4 is 5.71 Å². The van der Waals surface area contributed by atoms with Gasteiger partial charge in [0.25, 0.3) is 0 Å². The molecule has 0 fully saturated rings. The highest BCUT2D eigenvalue weighted by Gasteiger charge is 1.96. The quantitative estimate of drug-likeness (QED) is 0.676. The van der Waals surface area contributed by atoms with Crippen molar-refractivity contribution in [3.63, 3.8) is 0 Å². The summed E-state index contributed by atoms with van der Waals surface area (Å²) in [5.41, 5.74) is 3.68. The van der Waals surface area contributed by atoms with E-state index in [1.54, 1.807) is 0 Å². The molecular formula is C14H21N. The Labute approximate surface area is 93.0 Å². The third kappa shape index (κ3) is 4.28. The van der Waals surface area contributed by atoms with Crippen LogP contribution in [0.25, 0.3) is 0 Å². The normalized spacial score (nSPS) is 10.3. The summed E-state index contributed by atoms with van der Waals surface area (Å²) >= 11 is 0. The second-order valence-electron chi connectivity index (χ2n) is 3.98. The molecule has 0 heterocycles. The van der Waals surface area contributed by atoms with Gasteiger partial charge in [-0.2, -0.15) is 0 Å². The molecule has 1 aromatic carbocycles. The molecule has 0 unspecified atom stereocenters. The lowest BCUT2D eigenvalue weighted by atomic mass is 10.0. The molecule has 1 rings (SSSR count). The molecule has 0 saturated carbocycles. The number of benzene rings is 1. The van der Waals surface area contributed by atoms with Gasteiger partial charge in [-0.3, -0.25) is 0 Å². The molecule has 1 heteroatoms. The maximum Gasteiger partial charge on any atom is 0.00865 e. The number of hydrogen-bond acceptors (Lipinski definition) is 1. The Kier molecular flexibility index (Phi) is 5.09. The fraction of sp³-hybridized carbons (Fsp3) is 0.500. The maximum absolute atomic E-state index is 7.57. The Bertz CT molecular complexity index is 298. The average molecular weight is 203 g/mol. The van der Waals surface area contributed by atoms with E-state index in [0.717, 1.165) is 37.8 Å². The van der Waals surface area contributed by atoms with Crippen LogP contribution >= 0.6 is 0 Å². The smallest absolute Gasteiger partial charge is 0.00865 e. The van der Waals surface area contributed by atoms with Gasteiger partial charge in [-0.25, -0.2) is 0 Å². The monoisotopic (exact) mass is 203 g/mol. The van der Waals surface area contributed by atoms with Gasteiger partial charge in [0.1, 0.15) is 0 Å². The largest absolute Gasteiger partial charge is 0.310 e. The first-order valence-electron chi connectivity index (χ1n) is 5.90. The van der Waals surface area contributed by atoms with Crippen LogP contribution in [0.15, 0.2) is 24.3 Å². The molecule has 1 aromatic rings. The molecule has 15 heavy (non-hydrogen) atoms. The van der Waals surface area contributed by atoms with E-state index >= 15 is 0 Å². The minimum atomic E-state index is 0.875. The van der Waals surface area contributed by atoms with E-state index in [1.807, 2.05) is 0 Å². The minimum absolute atomic E-state index is 0.875. The minimum Gasteiger partial charge on any atom is -0.310 e. The van der Waals surface area contributed by atoms with Crippen LogP contribution in [0.4, 0.5) is 0 Å². The molecule has 0 bridgehead atoms. The predicted molar refractivity (Wildman–Crippen MR) is 66.8 cm³/mol. The summed E-state index contributed by atoms with van der Waals surface area (Å²) in [5, 5.41) is 7.57. The molecule has 0 spiro atoms. The second-order valence-corrected chi connectivity index (χ2v) is 3.98. The van der Waals surface area contributed by atoms with E-state index in [1.165, 1.54) is 11.1 Å². The Hall–Kier alpha value is -1.11. The fourth-order valence-electron chi connectivity index (χ4n) is 1.62. The van der Waals surface area contributed by atoms with Crippen molar-refractivity contribution in [2.45, 2.75) is 46.0 Å². The molecule has 0 saturated heterocycles. The summed E-state index contributed by atoms with van der Waals surface area (Å²) in [5.74, 6) is 0. The number of nitrogens with one attached hydrogen (secondary N) is 1. The SMILES string of the molecule is CCC(=N)CCCc1ccc(CC)cc1. The van der Waals surface area contributed by atoms with Crippen LogP contribution in [-0.2, 0) is 12.8 Å². The first kappa shape index (κ1) is 12.0. The molecule has 82 valence electrons. The van der Waals surface area contributed by atoms with Gasteiger partial charge in [0.2, 0.25) is 0 Å². The molecule has 0 aliphatic rings. The average Bonchev–Trinajstić information content (AvgIpc) is 2.29. The summed E-state index contributed by atoms with van der Waals surface area (Å²) in [4.78, 5) is 0. The van der Waals surface area contributed by atoms with E-state index in [2.05, 4.69) is 38.1 Å². The van der Waals surface area contributed by atoms with Crippen LogP contribution in [0, 0.1) is 5.41 Å². The summed E-state index contributed by atoms with van der Waals surface area (Å²) in [6, 6.07) is 8.85. The highest BCUT2D eigenvalue weighted by atomic mass is 14.4. The zero-order valence-corrected chi connectivity index (χ0v) is 9.84. The van der Waals surface area contributed by atoms with Gasteiger partial charge < -0.3 is 5.41 Å². The van der Waals surface area contributed by atoms with Crippen LogP contribution < -0.4 is 0 Å². The lowest BCUT2D eigenvalue weighted by Crippen LogP contribution is -1.95. The Morgan fingerprint density at radius 3 is 2.20 bits per heavy atom. The van der Waals surface area contributed by atoms with E-state index < -0.39 is 0 Å². The first-order chi connectivity index (χ1) is 7.26. The molecule has 1 N–H and O–H groups in total. The molecule has 0 radical (unpaired) electrons. The van der Waals surface area contributed by atoms with Crippen molar-refractivity contribution in [1.82, 2.24) is 0 Å². The van der Waals surface area contributed by atoms with Crippen molar-refractivity contribution in [1.29, 1.82) is 5.41 Å². The number of rotatable bonds is 6. The molecular weight excluding hydrogens is 182 g/mol. The first-order valence-corrected chi connectivity index (χ1v) is 5.90. The molecule has 0 amide bonds. The maximum atomic E-state index is 7.57. The van der Waals surface area contributed by atoms with Gasteiger partial charge in [0.05, 0.1) is 0 Å². The standard InChI is InChI=1S/C14H21N/c1-3-12-8-10-13(11-9-12)6-5-7-14(15)4-2/h8-11,15H,3-7H2,1-2H3. The lowest BCUT2D eigenvalue weighted by molar-refractivity contribution is 0.849. The fourth-order valence-corrected chi connectivity index (χ4v) is 1.62. The molecule has 1 nitrogen and oxygen atoms in total. The van der Waals surface area contributed by atoms with E-state index in [-0.39, 0.29) is 0 Å². The van der Waals surface area contributed by atoms with Gasteiger partial charge in [0, 0.05) is 5.71 Å². The van der Waals surface area contributed by atoms with E-state index in [9.17, 15) is 0 Å². The molecule has 0 aliphatic carbocycles. The van der Waals surface area contributed by atoms with Crippen LogP contribution in [0.3, 0.4) is 0 Å².